The van der Waals surface area contributed by atoms with Crippen LogP contribution in [0.15, 0.2) is 40.9 Å². The van der Waals surface area contributed by atoms with Crippen LogP contribution in [0, 0.1) is 0 Å². The van der Waals surface area contributed by atoms with Gasteiger partial charge in [-0.3, -0.25) is 5.32 Å². The molecule has 6 nitrogen and oxygen atoms in total. The average molecular weight is 442 g/mol. The van der Waals surface area contributed by atoms with Gasteiger partial charge in [-0.2, -0.15) is 0 Å². The lowest BCUT2D eigenvalue weighted by molar-refractivity contribution is 0.0634. The molecule has 0 saturated carbocycles. The maximum Gasteiger partial charge on any atom is 0.412 e. The maximum atomic E-state index is 11.8. The van der Waals surface area contributed by atoms with Gasteiger partial charge in [0.15, 0.2) is 0 Å². The van der Waals surface area contributed by atoms with Crippen LogP contribution in [0.5, 0.6) is 0 Å². The minimum absolute atomic E-state index is 0.125. The first-order chi connectivity index (χ1) is 12.0. The first kappa shape index (κ1) is 20.1. The monoisotopic (exact) mass is 440 g/mol. The van der Waals surface area contributed by atoms with Crippen LogP contribution in [0.3, 0.4) is 0 Å². The van der Waals surface area contributed by atoms with Crippen molar-refractivity contribution in [3.8, 4) is 0 Å². The number of hydrogen-bond acceptors (Lipinski definition) is 4. The number of carbonyl (C=O) groups is 2. The maximum absolute atomic E-state index is 11.8. The summed E-state index contributed by atoms with van der Waals surface area (Å²) in [5.74, 6) is -1.05. The number of ether oxygens (including phenoxy) is 1. The van der Waals surface area contributed by atoms with E-state index in [2.05, 4.69) is 26.6 Å². The van der Waals surface area contributed by atoms with Crippen molar-refractivity contribution in [1.29, 1.82) is 0 Å². The number of carboxylic acid groups (broad SMARTS) is 1. The van der Waals surface area contributed by atoms with Crippen LogP contribution in [0.2, 0.25) is 5.02 Å². The number of carbonyl (C=O) groups excluding carboxylic acids is 1. The Morgan fingerprint density at radius 2 is 1.81 bits per heavy atom. The second-order valence-electron chi connectivity index (χ2n) is 6.44. The Labute approximate surface area is 164 Å². The van der Waals surface area contributed by atoms with Crippen LogP contribution in [-0.2, 0) is 4.74 Å². The number of amides is 1. The molecule has 2 aromatic rings. The Bertz CT molecular complexity index is 850. The summed E-state index contributed by atoms with van der Waals surface area (Å²) in [5, 5.41) is 15.2. The van der Waals surface area contributed by atoms with Crippen LogP contribution in [-0.4, -0.2) is 22.8 Å². The molecule has 0 saturated heterocycles. The van der Waals surface area contributed by atoms with Gasteiger partial charge in [0, 0.05) is 10.2 Å². The van der Waals surface area contributed by atoms with Gasteiger partial charge in [-0.15, -0.1) is 0 Å². The molecule has 3 N–H and O–H groups in total. The zero-order valence-electron chi connectivity index (χ0n) is 14.4. The largest absolute Gasteiger partial charge is 0.478 e. The highest BCUT2D eigenvalue weighted by atomic mass is 79.9. The predicted molar refractivity (Wildman–Crippen MR) is 106 cm³/mol. The molecule has 2 rings (SSSR count). The number of nitrogens with one attached hydrogen (secondary N) is 2. The van der Waals surface area contributed by atoms with Gasteiger partial charge in [0.2, 0.25) is 0 Å². The SMILES string of the molecule is CC(C)(C)OC(=O)Nc1ccc(Nc2cc(Br)ccc2C(=O)O)cc1Cl. The Kier molecular flexibility index (Phi) is 6.15. The zero-order chi connectivity index (χ0) is 19.5. The molecule has 1 amide bonds. The highest BCUT2D eigenvalue weighted by molar-refractivity contribution is 9.10. The summed E-state index contributed by atoms with van der Waals surface area (Å²) in [7, 11) is 0. The summed E-state index contributed by atoms with van der Waals surface area (Å²) < 4.78 is 5.92. The van der Waals surface area contributed by atoms with E-state index >= 15 is 0 Å². The fourth-order valence-corrected chi connectivity index (χ4v) is 2.66. The number of rotatable bonds is 4. The number of carboxylic acids is 1. The number of benzene rings is 2. The van der Waals surface area contributed by atoms with Gasteiger partial charge in [0.1, 0.15) is 5.60 Å². The number of aromatic carboxylic acids is 1. The van der Waals surface area contributed by atoms with Crippen molar-refractivity contribution in [1.82, 2.24) is 0 Å². The second-order valence-corrected chi connectivity index (χ2v) is 7.76. The van der Waals surface area contributed by atoms with Crippen molar-refractivity contribution in [2.24, 2.45) is 0 Å². The average Bonchev–Trinajstić information content (AvgIpc) is 2.48. The van der Waals surface area contributed by atoms with E-state index in [4.69, 9.17) is 16.3 Å². The summed E-state index contributed by atoms with van der Waals surface area (Å²) >= 11 is 9.52. The molecule has 0 spiro atoms. The van der Waals surface area contributed by atoms with Gasteiger partial charge < -0.3 is 15.2 Å². The van der Waals surface area contributed by atoms with E-state index in [1.807, 2.05) is 0 Å². The lowest BCUT2D eigenvalue weighted by atomic mass is 10.1. The molecule has 0 radical (unpaired) electrons. The molecular weight excluding hydrogens is 424 g/mol. The van der Waals surface area contributed by atoms with E-state index < -0.39 is 17.7 Å². The highest BCUT2D eigenvalue weighted by Gasteiger charge is 2.17. The summed E-state index contributed by atoms with van der Waals surface area (Å²) in [4.78, 5) is 23.2. The van der Waals surface area contributed by atoms with Crippen molar-refractivity contribution in [3.05, 3.63) is 51.5 Å². The molecule has 0 aliphatic carbocycles. The number of hydrogen-bond donors (Lipinski definition) is 3. The van der Waals surface area contributed by atoms with Crippen LogP contribution in [0.4, 0.5) is 21.9 Å². The molecule has 8 heteroatoms. The summed E-state index contributed by atoms with van der Waals surface area (Å²) in [6, 6.07) is 9.66. The fourth-order valence-electron chi connectivity index (χ4n) is 2.07. The molecule has 0 heterocycles. The topological polar surface area (TPSA) is 87.7 Å². The van der Waals surface area contributed by atoms with E-state index in [1.165, 1.54) is 6.07 Å². The molecule has 0 aromatic heterocycles. The molecule has 26 heavy (non-hydrogen) atoms. The third-order valence-electron chi connectivity index (χ3n) is 3.10. The molecule has 0 unspecified atom stereocenters. The van der Waals surface area contributed by atoms with E-state index in [0.717, 1.165) is 4.47 Å². The van der Waals surface area contributed by atoms with E-state index in [9.17, 15) is 14.7 Å². The second kappa shape index (κ2) is 7.97. The first-order valence-electron chi connectivity index (χ1n) is 7.64. The standard InChI is InChI=1S/C18H18BrClN2O4/c1-18(2,3)26-17(25)22-14-7-5-11(9-13(14)20)21-15-8-10(19)4-6-12(15)16(23)24/h4-9,21H,1-3H3,(H,22,25)(H,23,24). The van der Waals surface area contributed by atoms with Gasteiger partial charge in [0.25, 0.3) is 0 Å². The van der Waals surface area contributed by atoms with Crippen molar-refractivity contribution in [2.75, 3.05) is 10.6 Å². The summed E-state index contributed by atoms with van der Waals surface area (Å²) in [5.41, 5.74) is 0.881. The van der Waals surface area contributed by atoms with Crippen LogP contribution in [0.25, 0.3) is 0 Å². The minimum atomic E-state index is -1.05. The first-order valence-corrected chi connectivity index (χ1v) is 8.82. The van der Waals surface area contributed by atoms with Gasteiger partial charge in [-0.05, 0) is 57.2 Å². The van der Waals surface area contributed by atoms with E-state index in [1.54, 1.807) is 51.1 Å². The molecule has 0 atom stereocenters. The fraction of sp³-hybridized carbons (Fsp3) is 0.222. The molecule has 0 aliphatic rings. The molecule has 0 bridgehead atoms. The Morgan fingerprint density at radius 1 is 1.12 bits per heavy atom. The Hall–Kier alpha value is -2.25. The predicted octanol–water partition coefficient (Wildman–Crippen LogP) is 5.89. The van der Waals surface area contributed by atoms with Crippen LogP contribution >= 0.6 is 27.5 Å². The lowest BCUT2D eigenvalue weighted by Crippen LogP contribution is -2.27. The third-order valence-corrected chi connectivity index (χ3v) is 3.90. The van der Waals surface area contributed by atoms with Crippen LogP contribution < -0.4 is 10.6 Å². The van der Waals surface area contributed by atoms with E-state index in [0.29, 0.717) is 17.1 Å². The van der Waals surface area contributed by atoms with Crippen molar-refractivity contribution in [3.63, 3.8) is 0 Å². The van der Waals surface area contributed by atoms with E-state index in [-0.39, 0.29) is 10.6 Å². The molecule has 2 aromatic carbocycles. The van der Waals surface area contributed by atoms with Crippen LogP contribution in [0.1, 0.15) is 31.1 Å². The quantitative estimate of drug-likeness (QED) is 0.550. The van der Waals surface area contributed by atoms with Crippen molar-refractivity contribution >= 4 is 56.7 Å². The van der Waals surface area contributed by atoms with Gasteiger partial charge >= 0.3 is 12.1 Å². The molecule has 138 valence electrons. The van der Waals surface area contributed by atoms with Gasteiger partial charge in [-0.1, -0.05) is 27.5 Å². The third kappa shape index (κ3) is 5.64. The molecule has 0 fully saturated rings. The molecule has 0 aliphatic heterocycles. The van der Waals surface area contributed by atoms with Crippen molar-refractivity contribution in [2.45, 2.75) is 26.4 Å². The Balaban J connectivity index is 2.19. The highest BCUT2D eigenvalue weighted by Crippen LogP contribution is 2.30. The summed E-state index contributed by atoms with van der Waals surface area (Å²) in [6.45, 7) is 5.29. The molecular formula is C18H18BrClN2O4. The minimum Gasteiger partial charge on any atom is -0.478 e. The smallest absolute Gasteiger partial charge is 0.412 e. The normalized spacial score (nSPS) is 11.0. The lowest BCUT2D eigenvalue weighted by Gasteiger charge is -2.20. The van der Waals surface area contributed by atoms with Gasteiger partial charge in [0.05, 0.1) is 22.0 Å². The Morgan fingerprint density at radius 3 is 2.38 bits per heavy atom. The number of anilines is 3. The van der Waals surface area contributed by atoms with Gasteiger partial charge in [-0.25, -0.2) is 9.59 Å². The zero-order valence-corrected chi connectivity index (χ0v) is 16.7. The number of halogens is 2. The summed E-state index contributed by atoms with van der Waals surface area (Å²) in [6.07, 6.45) is -0.611. The van der Waals surface area contributed by atoms with Crippen molar-refractivity contribution < 1.29 is 19.4 Å².